The van der Waals surface area contributed by atoms with E-state index in [0.717, 1.165) is 72.5 Å². The van der Waals surface area contributed by atoms with Crippen molar-refractivity contribution in [2.24, 2.45) is 0 Å². The quantitative estimate of drug-likeness (QED) is 0.182. The van der Waals surface area contributed by atoms with E-state index in [1.54, 1.807) is 0 Å². The molecule has 7 aromatic carbocycles. The zero-order chi connectivity index (χ0) is 42.0. The van der Waals surface area contributed by atoms with Crippen molar-refractivity contribution >= 4 is 42.5 Å². The Balaban J connectivity index is 1.36. The molecule has 61 heavy (non-hydrogen) atoms. The number of benzene rings is 7. The van der Waals surface area contributed by atoms with Gasteiger partial charge in [0.1, 0.15) is 11.6 Å². The fraction of sp³-hybridized carbons (Fsp3) is 0.143. The number of aromatic hydroxyl groups is 1. The molecule has 0 atom stereocenters. The molecule has 0 aliphatic rings. The Bertz CT molecular complexity index is 3200. The molecule has 298 valence electrons. The first-order chi connectivity index (χ1) is 29.5. The van der Waals surface area contributed by atoms with Gasteiger partial charge in [-0.1, -0.05) is 163 Å². The first-order valence-corrected chi connectivity index (χ1v) is 21.8. The molecule has 5 heteroatoms. The summed E-state index contributed by atoms with van der Waals surface area (Å²) in [5.74, 6) is 0.936. The standard InChI is InChI=1S/C56H47N3OS/c1-55(2,3)38-33-44(53(60)45(34-38)56(4,5)6)54-58-51-39(37-31-43(46-27-15-16-30-57-46)50-42-23-13-14-29-48(42)61-49(50)32-37)24-18-28-47(51)59(54)52-40(35-19-9-7-10-20-35)25-17-26-41(52)36-21-11-8-12-22-36/h7-34,60H,1-6H3. The van der Waals surface area contributed by atoms with Crippen molar-refractivity contribution in [3.63, 3.8) is 0 Å². The van der Waals surface area contributed by atoms with Crippen molar-refractivity contribution in [3.8, 4) is 67.5 Å². The van der Waals surface area contributed by atoms with Crippen LogP contribution in [0.15, 0.2) is 170 Å². The van der Waals surface area contributed by atoms with E-state index in [4.69, 9.17) is 9.97 Å². The third-order valence-corrected chi connectivity index (χ3v) is 13.0. The lowest BCUT2D eigenvalue weighted by atomic mass is 9.79. The molecule has 1 N–H and O–H groups in total. The molecule has 0 bridgehead atoms. The molecule has 0 aliphatic carbocycles. The molecular formula is C56H47N3OS. The van der Waals surface area contributed by atoms with E-state index < -0.39 is 0 Å². The summed E-state index contributed by atoms with van der Waals surface area (Å²) in [5, 5.41) is 15.1. The summed E-state index contributed by atoms with van der Waals surface area (Å²) < 4.78 is 4.75. The number of nitrogens with zero attached hydrogens (tertiary/aromatic N) is 3. The second-order valence-corrected chi connectivity index (χ2v) is 19.1. The maximum absolute atomic E-state index is 12.6. The predicted molar refractivity (Wildman–Crippen MR) is 258 cm³/mol. The van der Waals surface area contributed by atoms with Gasteiger partial charge in [0.05, 0.1) is 28.0 Å². The predicted octanol–water partition coefficient (Wildman–Crippen LogP) is 15.4. The van der Waals surface area contributed by atoms with Gasteiger partial charge in [0, 0.05) is 54.2 Å². The molecule has 0 fully saturated rings. The van der Waals surface area contributed by atoms with Crippen LogP contribution in [0.5, 0.6) is 5.75 Å². The molecule has 0 spiro atoms. The lowest BCUT2D eigenvalue weighted by Crippen LogP contribution is -2.17. The van der Waals surface area contributed by atoms with E-state index in [1.165, 1.54) is 20.2 Å². The normalized spacial score (nSPS) is 12.2. The summed E-state index contributed by atoms with van der Waals surface area (Å²) in [7, 11) is 0. The smallest absolute Gasteiger partial charge is 0.149 e. The number of pyridine rings is 1. The van der Waals surface area contributed by atoms with Crippen LogP contribution in [0, 0.1) is 0 Å². The summed E-state index contributed by atoms with van der Waals surface area (Å²) in [4.78, 5) is 10.6. The maximum Gasteiger partial charge on any atom is 0.149 e. The Kier molecular flexibility index (Phi) is 9.26. The molecule has 0 unspecified atom stereocenters. The van der Waals surface area contributed by atoms with Crippen molar-refractivity contribution in [2.75, 3.05) is 0 Å². The summed E-state index contributed by atoms with van der Waals surface area (Å²) >= 11 is 1.81. The van der Waals surface area contributed by atoms with Crippen LogP contribution in [0.1, 0.15) is 52.7 Å². The Morgan fingerprint density at radius 1 is 0.525 bits per heavy atom. The molecule has 0 aliphatic heterocycles. The molecule has 3 aromatic heterocycles. The van der Waals surface area contributed by atoms with Crippen molar-refractivity contribution in [3.05, 3.63) is 181 Å². The SMILES string of the molecule is CC(C)(C)c1cc(-c2nc3c(-c4cc(-c5ccccn5)c5c(c4)sc4ccccc45)cccc3n2-c2c(-c3ccccc3)cccc2-c2ccccc2)c(O)c(C(C)(C)C)c1. The molecule has 0 saturated carbocycles. The molecule has 0 radical (unpaired) electrons. The van der Waals surface area contributed by atoms with Crippen molar-refractivity contribution in [2.45, 2.75) is 52.4 Å². The molecule has 3 heterocycles. The van der Waals surface area contributed by atoms with Gasteiger partial charge in [-0.05, 0) is 75.5 Å². The zero-order valence-corrected chi connectivity index (χ0v) is 36.2. The highest BCUT2D eigenvalue weighted by Gasteiger charge is 2.30. The lowest BCUT2D eigenvalue weighted by Gasteiger charge is -2.28. The van der Waals surface area contributed by atoms with E-state index in [0.29, 0.717) is 11.4 Å². The van der Waals surface area contributed by atoms with Crippen LogP contribution in [0.2, 0.25) is 0 Å². The molecule has 10 aromatic rings. The second-order valence-electron chi connectivity index (χ2n) is 18.0. The van der Waals surface area contributed by atoms with Crippen LogP contribution in [-0.4, -0.2) is 19.6 Å². The largest absolute Gasteiger partial charge is 0.507 e. The third-order valence-electron chi connectivity index (χ3n) is 11.9. The minimum atomic E-state index is -0.333. The first kappa shape index (κ1) is 38.4. The molecule has 0 saturated heterocycles. The molecule has 4 nitrogen and oxygen atoms in total. The van der Waals surface area contributed by atoms with Crippen molar-refractivity contribution < 1.29 is 5.11 Å². The number of phenolic OH excluding ortho intramolecular Hbond substituents is 1. The minimum absolute atomic E-state index is 0.191. The van der Waals surface area contributed by atoms with Gasteiger partial charge in [-0.15, -0.1) is 11.3 Å². The van der Waals surface area contributed by atoms with Crippen LogP contribution in [0.4, 0.5) is 0 Å². The number of para-hydroxylation sites is 2. The molecule has 0 amide bonds. The fourth-order valence-electron chi connectivity index (χ4n) is 8.77. The van der Waals surface area contributed by atoms with Crippen molar-refractivity contribution in [1.29, 1.82) is 0 Å². The highest BCUT2D eigenvalue weighted by Crippen LogP contribution is 2.48. The Hall–Kier alpha value is -6.82. The van der Waals surface area contributed by atoms with Gasteiger partial charge in [0.15, 0.2) is 0 Å². The van der Waals surface area contributed by atoms with Gasteiger partial charge in [-0.2, -0.15) is 0 Å². The van der Waals surface area contributed by atoms with E-state index in [9.17, 15) is 5.11 Å². The molecular weight excluding hydrogens is 763 g/mol. The number of hydrogen-bond acceptors (Lipinski definition) is 4. The van der Waals surface area contributed by atoms with Gasteiger partial charge in [0.25, 0.3) is 0 Å². The number of hydrogen-bond donors (Lipinski definition) is 1. The monoisotopic (exact) mass is 809 g/mol. The highest BCUT2D eigenvalue weighted by molar-refractivity contribution is 7.26. The van der Waals surface area contributed by atoms with E-state index >= 15 is 0 Å². The number of aromatic nitrogens is 3. The number of fused-ring (bicyclic) bond motifs is 4. The van der Waals surface area contributed by atoms with Gasteiger partial charge in [0.2, 0.25) is 0 Å². The summed E-state index contributed by atoms with van der Waals surface area (Å²) in [6.07, 6.45) is 1.87. The second kappa shape index (κ2) is 14.7. The zero-order valence-electron chi connectivity index (χ0n) is 35.4. The average Bonchev–Trinajstić information content (AvgIpc) is 3.85. The minimum Gasteiger partial charge on any atom is -0.507 e. The topological polar surface area (TPSA) is 50.9 Å². The van der Waals surface area contributed by atoms with Crippen molar-refractivity contribution in [1.82, 2.24) is 14.5 Å². The Morgan fingerprint density at radius 3 is 1.82 bits per heavy atom. The lowest BCUT2D eigenvalue weighted by molar-refractivity contribution is 0.446. The van der Waals surface area contributed by atoms with Crippen LogP contribution in [0.3, 0.4) is 0 Å². The summed E-state index contributed by atoms with van der Waals surface area (Å²) in [6, 6.07) is 58.0. The summed E-state index contributed by atoms with van der Waals surface area (Å²) in [6.45, 7) is 13.2. The number of phenols is 1. The Morgan fingerprint density at radius 2 is 1.16 bits per heavy atom. The van der Waals surface area contributed by atoms with Gasteiger partial charge in [-0.3, -0.25) is 9.55 Å². The van der Waals surface area contributed by atoms with Crippen LogP contribution < -0.4 is 0 Å². The average molecular weight is 810 g/mol. The fourth-order valence-corrected chi connectivity index (χ4v) is 9.94. The van der Waals surface area contributed by atoms with Gasteiger partial charge in [-0.25, -0.2) is 4.98 Å². The number of thiophene rings is 1. The highest BCUT2D eigenvalue weighted by atomic mass is 32.1. The van der Waals surface area contributed by atoms with Crippen LogP contribution in [-0.2, 0) is 10.8 Å². The van der Waals surface area contributed by atoms with E-state index in [1.807, 2.05) is 23.6 Å². The van der Waals surface area contributed by atoms with Gasteiger partial charge < -0.3 is 5.11 Å². The first-order valence-electron chi connectivity index (χ1n) is 21.0. The van der Waals surface area contributed by atoms with E-state index in [-0.39, 0.29) is 16.6 Å². The van der Waals surface area contributed by atoms with E-state index in [2.05, 4.69) is 204 Å². The van der Waals surface area contributed by atoms with Gasteiger partial charge >= 0.3 is 0 Å². The number of imidazole rings is 1. The van der Waals surface area contributed by atoms with Crippen LogP contribution in [0.25, 0.3) is 92.9 Å². The number of rotatable bonds is 6. The summed E-state index contributed by atoms with van der Waals surface area (Å²) in [5.41, 5.74) is 13.4. The molecule has 10 rings (SSSR count). The van der Waals surface area contributed by atoms with Crippen LogP contribution >= 0.6 is 11.3 Å². The Labute approximate surface area is 361 Å². The third kappa shape index (κ3) is 6.70. The maximum atomic E-state index is 12.6.